The number of nitrogens with zero attached hydrogens (tertiary/aromatic N) is 6. The van der Waals surface area contributed by atoms with Crippen LogP contribution in [0.2, 0.25) is 0 Å². The number of rotatable bonds is 3. The first kappa shape index (κ1) is 18.1. The monoisotopic (exact) mass is 390 g/mol. The molecule has 0 bridgehead atoms. The highest BCUT2D eigenvalue weighted by molar-refractivity contribution is 5.94. The number of carbonyl (C=O) groups excluding carboxylic acids is 1. The van der Waals surface area contributed by atoms with E-state index in [2.05, 4.69) is 19.7 Å². The normalized spacial score (nSPS) is 19.6. The predicted molar refractivity (Wildman–Crippen MR) is 109 cm³/mol. The number of imidazole rings is 1. The Labute approximate surface area is 170 Å². The molecule has 1 saturated heterocycles. The van der Waals surface area contributed by atoms with Crippen LogP contribution in [0.25, 0.3) is 5.69 Å². The average molecular weight is 390 g/mol. The lowest BCUT2D eigenvalue weighted by molar-refractivity contribution is 0.0703. The molecule has 1 aromatic carbocycles. The summed E-state index contributed by atoms with van der Waals surface area (Å²) in [6.07, 6.45) is 12.1. The number of aryl methyl sites for hydroxylation is 1. The van der Waals surface area contributed by atoms with Crippen molar-refractivity contribution in [2.24, 2.45) is 0 Å². The largest absolute Gasteiger partial charge is 0.338 e. The van der Waals surface area contributed by atoms with Crippen molar-refractivity contribution in [2.75, 3.05) is 13.1 Å². The van der Waals surface area contributed by atoms with Crippen molar-refractivity contribution in [1.82, 2.24) is 29.2 Å². The van der Waals surface area contributed by atoms with E-state index < -0.39 is 0 Å². The van der Waals surface area contributed by atoms with Gasteiger partial charge in [-0.2, -0.15) is 0 Å². The first-order valence-electron chi connectivity index (χ1n) is 10.6. The molecule has 0 saturated carbocycles. The van der Waals surface area contributed by atoms with E-state index in [1.54, 1.807) is 12.5 Å². The molecule has 2 aliphatic rings. The molecule has 0 radical (unpaired) electrons. The molecule has 29 heavy (non-hydrogen) atoms. The molecule has 2 aliphatic heterocycles. The third kappa shape index (κ3) is 3.57. The van der Waals surface area contributed by atoms with E-state index in [1.165, 1.54) is 19.3 Å². The van der Waals surface area contributed by atoms with Gasteiger partial charge in [0.25, 0.3) is 5.91 Å². The number of carbonyl (C=O) groups is 1. The lowest BCUT2D eigenvalue weighted by Gasteiger charge is -2.32. The van der Waals surface area contributed by atoms with Gasteiger partial charge in [-0.15, -0.1) is 10.2 Å². The highest BCUT2D eigenvalue weighted by Crippen LogP contribution is 2.29. The summed E-state index contributed by atoms with van der Waals surface area (Å²) in [5.41, 5.74) is 1.73. The number of benzene rings is 1. The van der Waals surface area contributed by atoms with Gasteiger partial charge in [0.15, 0.2) is 0 Å². The highest BCUT2D eigenvalue weighted by Gasteiger charge is 2.29. The predicted octanol–water partition coefficient (Wildman–Crippen LogP) is 3.21. The maximum atomic E-state index is 13.1. The van der Waals surface area contributed by atoms with Gasteiger partial charge in [-0.25, -0.2) is 4.98 Å². The Bertz CT molecular complexity index is 975. The van der Waals surface area contributed by atoms with Gasteiger partial charge < -0.3 is 14.0 Å². The standard InChI is InChI=1S/C22H26N6O/c29-22(17-7-9-19(10-8-17)27-14-11-23-16-27)26-12-4-5-18(15-26)21-25-24-20-6-2-1-3-13-28(20)21/h7-11,14,16,18H,1-6,12-13,15H2. The first-order valence-corrected chi connectivity index (χ1v) is 10.6. The molecule has 5 rings (SSSR count). The van der Waals surface area contributed by atoms with Gasteiger partial charge in [-0.3, -0.25) is 4.79 Å². The van der Waals surface area contributed by atoms with E-state index in [1.807, 2.05) is 39.9 Å². The van der Waals surface area contributed by atoms with Crippen LogP contribution in [0.3, 0.4) is 0 Å². The van der Waals surface area contributed by atoms with Crippen LogP contribution in [0.5, 0.6) is 0 Å². The molecule has 0 aliphatic carbocycles. The second kappa shape index (κ2) is 7.81. The Kier molecular flexibility index (Phi) is 4.87. The van der Waals surface area contributed by atoms with Crippen molar-refractivity contribution in [3.8, 4) is 5.69 Å². The van der Waals surface area contributed by atoms with Crippen molar-refractivity contribution in [1.29, 1.82) is 0 Å². The zero-order valence-corrected chi connectivity index (χ0v) is 16.6. The SMILES string of the molecule is O=C(c1ccc(-n2ccnc2)cc1)N1CCCC(c2nnc3n2CCCCC3)C1. The van der Waals surface area contributed by atoms with Crippen molar-refractivity contribution >= 4 is 5.91 Å². The van der Waals surface area contributed by atoms with E-state index in [9.17, 15) is 4.79 Å². The van der Waals surface area contributed by atoms with Crippen molar-refractivity contribution in [3.63, 3.8) is 0 Å². The van der Waals surface area contributed by atoms with E-state index in [-0.39, 0.29) is 11.8 Å². The number of likely N-dealkylation sites (tertiary alicyclic amines) is 1. The molecular weight excluding hydrogens is 364 g/mol. The molecule has 1 atom stereocenters. The third-order valence-electron chi connectivity index (χ3n) is 6.13. The molecule has 1 fully saturated rings. The van der Waals surface area contributed by atoms with Gasteiger partial charge in [0, 0.05) is 55.6 Å². The Morgan fingerprint density at radius 3 is 2.72 bits per heavy atom. The summed E-state index contributed by atoms with van der Waals surface area (Å²) in [5.74, 6) is 2.57. The third-order valence-corrected chi connectivity index (χ3v) is 6.13. The van der Waals surface area contributed by atoms with Crippen LogP contribution in [0.1, 0.15) is 60.0 Å². The first-order chi connectivity index (χ1) is 14.3. The maximum Gasteiger partial charge on any atom is 0.253 e. The summed E-state index contributed by atoms with van der Waals surface area (Å²) >= 11 is 0. The second-order valence-corrected chi connectivity index (χ2v) is 8.04. The molecule has 150 valence electrons. The number of amides is 1. The van der Waals surface area contributed by atoms with Crippen LogP contribution < -0.4 is 0 Å². The summed E-state index contributed by atoms with van der Waals surface area (Å²) < 4.78 is 4.26. The minimum absolute atomic E-state index is 0.0995. The molecule has 7 heteroatoms. The van der Waals surface area contributed by atoms with Crippen LogP contribution in [0, 0.1) is 0 Å². The summed E-state index contributed by atoms with van der Waals surface area (Å²) in [7, 11) is 0. The zero-order chi connectivity index (χ0) is 19.6. The quantitative estimate of drug-likeness (QED) is 0.689. The topological polar surface area (TPSA) is 68.8 Å². The summed E-state index contributed by atoms with van der Waals surface area (Å²) in [4.78, 5) is 19.2. The fourth-order valence-electron chi connectivity index (χ4n) is 4.55. The fraction of sp³-hybridized carbons (Fsp3) is 0.455. The summed E-state index contributed by atoms with van der Waals surface area (Å²) in [6, 6.07) is 7.75. The highest BCUT2D eigenvalue weighted by atomic mass is 16.2. The molecule has 7 nitrogen and oxygen atoms in total. The molecular formula is C22H26N6O. The van der Waals surface area contributed by atoms with Crippen LogP contribution >= 0.6 is 0 Å². The summed E-state index contributed by atoms with van der Waals surface area (Å²) in [6.45, 7) is 2.54. The van der Waals surface area contributed by atoms with Crippen molar-refractivity contribution in [3.05, 3.63) is 60.2 Å². The van der Waals surface area contributed by atoms with Crippen LogP contribution in [0.15, 0.2) is 43.0 Å². The molecule has 0 spiro atoms. The maximum absolute atomic E-state index is 13.1. The van der Waals surface area contributed by atoms with Gasteiger partial charge in [-0.05, 0) is 49.9 Å². The summed E-state index contributed by atoms with van der Waals surface area (Å²) in [5, 5.41) is 8.99. The van der Waals surface area contributed by atoms with Gasteiger partial charge >= 0.3 is 0 Å². The number of piperidine rings is 1. The lowest BCUT2D eigenvalue weighted by atomic mass is 9.96. The van der Waals surface area contributed by atoms with E-state index in [4.69, 9.17) is 0 Å². The molecule has 1 unspecified atom stereocenters. The lowest BCUT2D eigenvalue weighted by Crippen LogP contribution is -2.39. The second-order valence-electron chi connectivity index (χ2n) is 8.04. The van der Waals surface area contributed by atoms with Gasteiger partial charge in [0.2, 0.25) is 0 Å². The Morgan fingerprint density at radius 1 is 1.00 bits per heavy atom. The zero-order valence-electron chi connectivity index (χ0n) is 16.6. The molecule has 2 aromatic heterocycles. The van der Waals surface area contributed by atoms with Crippen molar-refractivity contribution < 1.29 is 4.79 Å². The van der Waals surface area contributed by atoms with Gasteiger partial charge in [0.05, 0.1) is 6.33 Å². The number of fused-ring (bicyclic) bond motifs is 1. The number of aromatic nitrogens is 5. The molecule has 4 heterocycles. The Morgan fingerprint density at radius 2 is 1.90 bits per heavy atom. The van der Waals surface area contributed by atoms with Crippen LogP contribution in [-0.2, 0) is 13.0 Å². The minimum atomic E-state index is 0.0995. The number of hydrogen-bond acceptors (Lipinski definition) is 4. The molecule has 3 aromatic rings. The van der Waals surface area contributed by atoms with E-state index in [0.29, 0.717) is 0 Å². The Balaban J connectivity index is 1.32. The van der Waals surface area contributed by atoms with Crippen molar-refractivity contribution in [2.45, 2.75) is 51.0 Å². The smallest absolute Gasteiger partial charge is 0.253 e. The minimum Gasteiger partial charge on any atom is -0.338 e. The van der Waals surface area contributed by atoms with E-state index in [0.717, 1.165) is 61.8 Å². The molecule has 0 N–H and O–H groups in total. The average Bonchev–Trinajstić information content (AvgIpc) is 3.39. The van der Waals surface area contributed by atoms with Crippen LogP contribution in [-0.4, -0.2) is 48.2 Å². The van der Waals surface area contributed by atoms with Crippen LogP contribution in [0.4, 0.5) is 0 Å². The Hall–Kier alpha value is -2.96. The van der Waals surface area contributed by atoms with E-state index >= 15 is 0 Å². The van der Waals surface area contributed by atoms with Gasteiger partial charge in [0.1, 0.15) is 11.6 Å². The molecule has 1 amide bonds. The van der Waals surface area contributed by atoms with Gasteiger partial charge in [-0.1, -0.05) is 6.42 Å². The fourth-order valence-corrected chi connectivity index (χ4v) is 4.55. The number of hydrogen-bond donors (Lipinski definition) is 0.